The standard InChI is InChI=1S/C12H16N2O2/c1-16-9-8-14-7-6-11(13-15)10-4-2-3-5-12(10)14/h2-5,15H,6-9H2,1H3. The lowest BCUT2D eigenvalue weighted by Gasteiger charge is -2.31. The van der Waals surface area contributed by atoms with E-state index in [1.165, 1.54) is 0 Å². The summed E-state index contributed by atoms with van der Waals surface area (Å²) in [7, 11) is 1.70. The minimum absolute atomic E-state index is 0.708. The van der Waals surface area contributed by atoms with Gasteiger partial charge < -0.3 is 14.8 Å². The maximum Gasteiger partial charge on any atom is 0.0906 e. The Bertz CT molecular complexity index is 390. The number of nitrogens with zero attached hydrogens (tertiary/aromatic N) is 2. The van der Waals surface area contributed by atoms with Crippen molar-refractivity contribution in [3.05, 3.63) is 29.8 Å². The fourth-order valence-corrected chi connectivity index (χ4v) is 2.03. The number of para-hydroxylation sites is 1. The molecule has 1 aromatic carbocycles. The topological polar surface area (TPSA) is 45.1 Å². The lowest BCUT2D eigenvalue weighted by molar-refractivity contribution is 0.205. The molecule has 1 heterocycles. The van der Waals surface area contributed by atoms with Gasteiger partial charge in [-0.1, -0.05) is 23.4 Å². The second-order valence-electron chi connectivity index (χ2n) is 3.79. The molecule has 0 amide bonds. The highest BCUT2D eigenvalue weighted by Gasteiger charge is 2.20. The van der Waals surface area contributed by atoms with E-state index in [1.807, 2.05) is 18.2 Å². The molecule has 0 aliphatic carbocycles. The minimum atomic E-state index is 0.708. The fourth-order valence-electron chi connectivity index (χ4n) is 2.03. The van der Waals surface area contributed by atoms with Gasteiger partial charge in [0.25, 0.3) is 0 Å². The number of methoxy groups -OCH3 is 1. The van der Waals surface area contributed by atoms with Crippen LogP contribution in [0.1, 0.15) is 12.0 Å². The van der Waals surface area contributed by atoms with E-state index < -0.39 is 0 Å². The maximum atomic E-state index is 8.94. The molecule has 1 aromatic rings. The summed E-state index contributed by atoms with van der Waals surface area (Å²) in [5, 5.41) is 12.3. The van der Waals surface area contributed by atoms with Gasteiger partial charge in [0.1, 0.15) is 0 Å². The summed E-state index contributed by atoms with van der Waals surface area (Å²) in [5.41, 5.74) is 2.91. The molecule has 0 saturated heterocycles. The third-order valence-corrected chi connectivity index (χ3v) is 2.86. The molecule has 4 heteroatoms. The first-order valence-corrected chi connectivity index (χ1v) is 5.41. The molecule has 1 aliphatic heterocycles. The van der Waals surface area contributed by atoms with Gasteiger partial charge in [-0.3, -0.25) is 0 Å². The molecule has 1 aliphatic rings. The average molecular weight is 220 g/mol. The molecule has 2 rings (SSSR count). The number of benzene rings is 1. The van der Waals surface area contributed by atoms with Crippen LogP contribution in [0.2, 0.25) is 0 Å². The molecule has 4 nitrogen and oxygen atoms in total. The smallest absolute Gasteiger partial charge is 0.0906 e. The van der Waals surface area contributed by atoms with Crippen LogP contribution in [0.3, 0.4) is 0 Å². The fraction of sp³-hybridized carbons (Fsp3) is 0.417. The molecule has 16 heavy (non-hydrogen) atoms. The van der Waals surface area contributed by atoms with Gasteiger partial charge in [0.05, 0.1) is 12.3 Å². The Hall–Kier alpha value is -1.55. The van der Waals surface area contributed by atoms with Crippen molar-refractivity contribution in [2.45, 2.75) is 6.42 Å². The van der Waals surface area contributed by atoms with E-state index in [4.69, 9.17) is 9.94 Å². The third-order valence-electron chi connectivity index (χ3n) is 2.86. The molecule has 0 fully saturated rings. The number of oxime groups is 1. The molecule has 0 saturated carbocycles. The Morgan fingerprint density at radius 2 is 2.25 bits per heavy atom. The van der Waals surface area contributed by atoms with Crippen molar-refractivity contribution >= 4 is 11.4 Å². The lowest BCUT2D eigenvalue weighted by atomic mass is 10.00. The predicted molar refractivity (Wildman–Crippen MR) is 63.5 cm³/mol. The van der Waals surface area contributed by atoms with E-state index in [9.17, 15) is 0 Å². The zero-order chi connectivity index (χ0) is 11.4. The van der Waals surface area contributed by atoms with Crippen LogP contribution in [0.15, 0.2) is 29.4 Å². The first kappa shape index (κ1) is 11.0. The molecule has 0 unspecified atom stereocenters. The quantitative estimate of drug-likeness (QED) is 0.623. The zero-order valence-electron chi connectivity index (χ0n) is 9.39. The number of anilines is 1. The molecular formula is C12H16N2O2. The van der Waals surface area contributed by atoms with Crippen molar-refractivity contribution in [3.8, 4) is 0 Å². The van der Waals surface area contributed by atoms with E-state index in [0.29, 0.717) is 6.61 Å². The van der Waals surface area contributed by atoms with Crippen LogP contribution in [0.4, 0.5) is 5.69 Å². The molecule has 86 valence electrons. The third kappa shape index (κ3) is 2.02. The van der Waals surface area contributed by atoms with Gasteiger partial charge in [-0.15, -0.1) is 0 Å². The highest BCUT2D eigenvalue weighted by molar-refractivity contribution is 6.06. The summed E-state index contributed by atoms with van der Waals surface area (Å²) in [5.74, 6) is 0. The van der Waals surface area contributed by atoms with Gasteiger partial charge in [-0.25, -0.2) is 0 Å². The van der Waals surface area contributed by atoms with Crippen molar-refractivity contribution in [1.29, 1.82) is 0 Å². The van der Waals surface area contributed by atoms with Crippen molar-refractivity contribution in [3.63, 3.8) is 0 Å². The van der Waals surface area contributed by atoms with Gasteiger partial charge in [0, 0.05) is 37.9 Å². The van der Waals surface area contributed by atoms with E-state index in [-0.39, 0.29) is 0 Å². The van der Waals surface area contributed by atoms with Gasteiger partial charge in [-0.2, -0.15) is 0 Å². The second-order valence-corrected chi connectivity index (χ2v) is 3.79. The van der Waals surface area contributed by atoms with Crippen LogP contribution < -0.4 is 4.90 Å². The van der Waals surface area contributed by atoms with Crippen LogP contribution in [-0.2, 0) is 4.74 Å². The number of ether oxygens (including phenoxy) is 1. The Morgan fingerprint density at radius 1 is 1.44 bits per heavy atom. The SMILES string of the molecule is COCCN1CCC(=NO)c2ccccc21. The van der Waals surface area contributed by atoms with Gasteiger partial charge >= 0.3 is 0 Å². The Kier molecular flexibility index (Phi) is 3.41. The highest BCUT2D eigenvalue weighted by atomic mass is 16.5. The number of rotatable bonds is 3. The van der Waals surface area contributed by atoms with Crippen LogP contribution >= 0.6 is 0 Å². The Labute approximate surface area is 95.1 Å². The van der Waals surface area contributed by atoms with Crippen molar-refractivity contribution in [2.24, 2.45) is 5.16 Å². The first-order chi connectivity index (χ1) is 7.86. The molecular weight excluding hydrogens is 204 g/mol. The Balaban J connectivity index is 2.28. The van der Waals surface area contributed by atoms with Crippen molar-refractivity contribution in [1.82, 2.24) is 0 Å². The molecule has 0 spiro atoms. The maximum absolute atomic E-state index is 8.94. The second kappa shape index (κ2) is 4.99. The van der Waals surface area contributed by atoms with E-state index in [2.05, 4.69) is 16.1 Å². The summed E-state index contributed by atoms with van der Waals surface area (Å²) in [6, 6.07) is 8.00. The number of hydrogen-bond donors (Lipinski definition) is 1. The largest absolute Gasteiger partial charge is 0.411 e. The van der Waals surface area contributed by atoms with Crippen LogP contribution in [0.25, 0.3) is 0 Å². The van der Waals surface area contributed by atoms with Gasteiger partial charge in [-0.05, 0) is 6.07 Å². The summed E-state index contributed by atoms with van der Waals surface area (Å²) in [4.78, 5) is 2.26. The monoisotopic (exact) mass is 220 g/mol. The summed E-state index contributed by atoms with van der Waals surface area (Å²) in [6.45, 7) is 2.45. The van der Waals surface area contributed by atoms with Crippen LogP contribution in [-0.4, -0.2) is 37.7 Å². The highest BCUT2D eigenvalue weighted by Crippen LogP contribution is 2.26. The predicted octanol–water partition coefficient (Wildman–Crippen LogP) is 1.72. The van der Waals surface area contributed by atoms with E-state index >= 15 is 0 Å². The lowest BCUT2D eigenvalue weighted by Crippen LogP contribution is -2.34. The minimum Gasteiger partial charge on any atom is -0.411 e. The normalized spacial score (nSPS) is 17.6. The molecule has 0 bridgehead atoms. The molecule has 0 radical (unpaired) electrons. The van der Waals surface area contributed by atoms with E-state index in [1.54, 1.807) is 7.11 Å². The van der Waals surface area contributed by atoms with E-state index in [0.717, 1.165) is 36.5 Å². The number of hydrogen-bond acceptors (Lipinski definition) is 4. The van der Waals surface area contributed by atoms with Crippen LogP contribution in [0.5, 0.6) is 0 Å². The average Bonchev–Trinajstić information content (AvgIpc) is 2.36. The van der Waals surface area contributed by atoms with Gasteiger partial charge in [0.2, 0.25) is 0 Å². The van der Waals surface area contributed by atoms with Crippen molar-refractivity contribution < 1.29 is 9.94 Å². The zero-order valence-corrected chi connectivity index (χ0v) is 9.39. The number of fused-ring (bicyclic) bond motifs is 1. The van der Waals surface area contributed by atoms with Crippen molar-refractivity contribution in [2.75, 3.05) is 31.7 Å². The van der Waals surface area contributed by atoms with Gasteiger partial charge in [0.15, 0.2) is 0 Å². The first-order valence-electron chi connectivity index (χ1n) is 5.41. The summed E-state index contributed by atoms with van der Waals surface area (Å²) < 4.78 is 5.09. The Morgan fingerprint density at radius 3 is 3.00 bits per heavy atom. The summed E-state index contributed by atoms with van der Waals surface area (Å²) in [6.07, 6.45) is 0.775. The molecule has 1 N–H and O–H groups in total. The summed E-state index contributed by atoms with van der Waals surface area (Å²) >= 11 is 0. The molecule has 0 aromatic heterocycles. The molecule has 0 atom stereocenters. The van der Waals surface area contributed by atoms with Crippen LogP contribution in [0, 0.1) is 0 Å².